The van der Waals surface area contributed by atoms with E-state index in [-0.39, 0.29) is 6.04 Å². The maximum atomic E-state index is 5.94. The van der Waals surface area contributed by atoms with Crippen molar-refractivity contribution >= 4 is 15.9 Å². The molecule has 0 fully saturated rings. The molecular formula is C15H20BrN3O. The summed E-state index contributed by atoms with van der Waals surface area (Å²) < 4.78 is 8.73. The average molecular weight is 338 g/mol. The molecule has 0 radical (unpaired) electrons. The van der Waals surface area contributed by atoms with Crippen LogP contribution in [-0.4, -0.2) is 16.3 Å². The van der Waals surface area contributed by atoms with Gasteiger partial charge in [0.2, 0.25) is 0 Å². The molecule has 108 valence electrons. The SMILES string of the molecule is CCNC(C)c1ccc(Br)cc1OCc1ccn(C)n1. The summed E-state index contributed by atoms with van der Waals surface area (Å²) in [6, 6.07) is 8.35. The van der Waals surface area contributed by atoms with Crippen LogP contribution >= 0.6 is 15.9 Å². The van der Waals surface area contributed by atoms with Gasteiger partial charge < -0.3 is 10.1 Å². The number of aromatic nitrogens is 2. The van der Waals surface area contributed by atoms with Crippen molar-refractivity contribution in [1.29, 1.82) is 0 Å². The summed E-state index contributed by atoms with van der Waals surface area (Å²) in [4.78, 5) is 0. The average Bonchev–Trinajstić information content (AvgIpc) is 2.82. The van der Waals surface area contributed by atoms with E-state index >= 15 is 0 Å². The third-order valence-electron chi connectivity index (χ3n) is 3.10. The molecular weight excluding hydrogens is 318 g/mol. The molecule has 0 aliphatic carbocycles. The molecule has 0 spiro atoms. The van der Waals surface area contributed by atoms with Crippen molar-refractivity contribution < 1.29 is 4.74 Å². The van der Waals surface area contributed by atoms with Crippen molar-refractivity contribution in [2.75, 3.05) is 6.54 Å². The van der Waals surface area contributed by atoms with Gasteiger partial charge in [-0.2, -0.15) is 5.10 Å². The number of nitrogens with zero attached hydrogens (tertiary/aromatic N) is 2. The number of hydrogen-bond donors (Lipinski definition) is 1. The minimum absolute atomic E-state index is 0.256. The monoisotopic (exact) mass is 337 g/mol. The van der Waals surface area contributed by atoms with Gasteiger partial charge in [0.15, 0.2) is 0 Å². The molecule has 1 N–H and O–H groups in total. The highest BCUT2D eigenvalue weighted by Gasteiger charge is 2.12. The largest absolute Gasteiger partial charge is 0.487 e. The number of ether oxygens (including phenoxy) is 1. The molecule has 0 aliphatic rings. The zero-order valence-electron chi connectivity index (χ0n) is 12.1. The van der Waals surface area contributed by atoms with Crippen LogP contribution in [-0.2, 0) is 13.7 Å². The molecule has 1 heterocycles. The Balaban J connectivity index is 2.14. The van der Waals surface area contributed by atoms with Crippen LogP contribution in [0.1, 0.15) is 31.1 Å². The van der Waals surface area contributed by atoms with E-state index < -0.39 is 0 Å². The predicted octanol–water partition coefficient (Wildman–Crippen LogP) is 3.43. The Morgan fingerprint density at radius 1 is 1.40 bits per heavy atom. The lowest BCUT2D eigenvalue weighted by Crippen LogP contribution is -2.18. The molecule has 2 rings (SSSR count). The van der Waals surface area contributed by atoms with E-state index in [1.165, 1.54) is 0 Å². The van der Waals surface area contributed by atoms with Crippen LogP contribution in [0, 0.1) is 0 Å². The Morgan fingerprint density at radius 3 is 2.85 bits per heavy atom. The normalized spacial score (nSPS) is 12.4. The van der Waals surface area contributed by atoms with Crippen molar-refractivity contribution in [2.24, 2.45) is 7.05 Å². The van der Waals surface area contributed by atoms with Gasteiger partial charge in [-0.3, -0.25) is 4.68 Å². The summed E-state index contributed by atoms with van der Waals surface area (Å²) in [5, 5.41) is 7.73. The van der Waals surface area contributed by atoms with E-state index in [1.54, 1.807) is 4.68 Å². The van der Waals surface area contributed by atoms with E-state index in [9.17, 15) is 0 Å². The van der Waals surface area contributed by atoms with Gasteiger partial charge in [0.1, 0.15) is 12.4 Å². The van der Waals surface area contributed by atoms with Gasteiger partial charge in [-0.15, -0.1) is 0 Å². The van der Waals surface area contributed by atoms with Crippen molar-refractivity contribution in [1.82, 2.24) is 15.1 Å². The molecule has 5 heteroatoms. The van der Waals surface area contributed by atoms with Crippen molar-refractivity contribution in [3.63, 3.8) is 0 Å². The highest BCUT2D eigenvalue weighted by Crippen LogP contribution is 2.29. The second kappa shape index (κ2) is 6.90. The van der Waals surface area contributed by atoms with E-state index in [0.29, 0.717) is 6.61 Å². The molecule has 0 aliphatic heterocycles. The smallest absolute Gasteiger partial charge is 0.132 e. The third kappa shape index (κ3) is 3.84. The quantitative estimate of drug-likeness (QED) is 0.877. The second-order valence-corrected chi connectivity index (χ2v) is 5.65. The molecule has 4 nitrogen and oxygen atoms in total. The first-order chi connectivity index (χ1) is 9.60. The van der Waals surface area contributed by atoms with Gasteiger partial charge in [-0.25, -0.2) is 0 Å². The Labute approximate surface area is 128 Å². The maximum absolute atomic E-state index is 5.94. The summed E-state index contributed by atoms with van der Waals surface area (Å²) in [5.41, 5.74) is 2.08. The van der Waals surface area contributed by atoms with Crippen LogP contribution in [0.15, 0.2) is 34.9 Å². The molecule has 2 aromatic rings. The highest BCUT2D eigenvalue weighted by molar-refractivity contribution is 9.10. The summed E-state index contributed by atoms with van der Waals surface area (Å²) in [6.07, 6.45) is 1.92. The Morgan fingerprint density at radius 2 is 2.20 bits per heavy atom. The van der Waals surface area contributed by atoms with Gasteiger partial charge >= 0.3 is 0 Å². The van der Waals surface area contributed by atoms with Gasteiger partial charge in [0, 0.05) is 29.3 Å². The zero-order valence-corrected chi connectivity index (χ0v) is 13.6. The van der Waals surface area contributed by atoms with Gasteiger partial charge in [-0.1, -0.05) is 28.9 Å². The Hall–Kier alpha value is -1.33. The fourth-order valence-electron chi connectivity index (χ4n) is 2.10. The molecule has 20 heavy (non-hydrogen) atoms. The Kier molecular flexibility index (Phi) is 5.20. The molecule has 0 amide bonds. The fourth-order valence-corrected chi connectivity index (χ4v) is 2.44. The van der Waals surface area contributed by atoms with Crippen LogP contribution in [0.5, 0.6) is 5.75 Å². The number of aryl methyl sites for hydroxylation is 1. The predicted molar refractivity (Wildman–Crippen MR) is 83.8 cm³/mol. The molecule has 1 unspecified atom stereocenters. The lowest BCUT2D eigenvalue weighted by molar-refractivity contribution is 0.294. The van der Waals surface area contributed by atoms with Crippen LogP contribution in [0.3, 0.4) is 0 Å². The molecule has 1 aromatic heterocycles. The van der Waals surface area contributed by atoms with Gasteiger partial charge in [0.05, 0.1) is 5.69 Å². The number of benzene rings is 1. The maximum Gasteiger partial charge on any atom is 0.132 e. The van der Waals surface area contributed by atoms with Crippen molar-refractivity contribution in [2.45, 2.75) is 26.5 Å². The van der Waals surface area contributed by atoms with Crippen LogP contribution in [0.25, 0.3) is 0 Å². The number of halogens is 1. The van der Waals surface area contributed by atoms with Crippen LogP contribution < -0.4 is 10.1 Å². The standard InChI is InChI=1S/C15H20BrN3O/c1-4-17-11(2)14-6-5-12(16)9-15(14)20-10-13-7-8-19(3)18-13/h5-9,11,17H,4,10H2,1-3H3. The summed E-state index contributed by atoms with van der Waals surface area (Å²) in [6.45, 7) is 5.64. The lowest BCUT2D eigenvalue weighted by Gasteiger charge is -2.17. The zero-order chi connectivity index (χ0) is 14.5. The topological polar surface area (TPSA) is 39.1 Å². The van der Waals surface area contributed by atoms with Crippen LogP contribution in [0.2, 0.25) is 0 Å². The van der Waals surface area contributed by atoms with E-state index in [1.807, 2.05) is 31.4 Å². The first-order valence-corrected chi connectivity index (χ1v) is 7.53. The summed E-state index contributed by atoms with van der Waals surface area (Å²) in [5.74, 6) is 0.887. The van der Waals surface area contributed by atoms with Gasteiger partial charge in [0.25, 0.3) is 0 Å². The van der Waals surface area contributed by atoms with Crippen LogP contribution in [0.4, 0.5) is 0 Å². The van der Waals surface area contributed by atoms with Gasteiger partial charge in [-0.05, 0) is 31.7 Å². The molecule has 1 atom stereocenters. The first kappa shape index (κ1) is 15.1. The molecule has 0 saturated carbocycles. The molecule has 0 saturated heterocycles. The minimum Gasteiger partial charge on any atom is -0.487 e. The molecule has 1 aromatic carbocycles. The van der Waals surface area contributed by atoms with E-state index in [4.69, 9.17) is 4.74 Å². The van der Waals surface area contributed by atoms with E-state index in [2.05, 4.69) is 46.3 Å². The first-order valence-electron chi connectivity index (χ1n) is 6.74. The Bertz CT molecular complexity index is 568. The second-order valence-electron chi connectivity index (χ2n) is 4.73. The molecule has 0 bridgehead atoms. The lowest BCUT2D eigenvalue weighted by atomic mass is 10.1. The minimum atomic E-state index is 0.256. The summed E-state index contributed by atoms with van der Waals surface area (Å²) >= 11 is 3.49. The summed E-state index contributed by atoms with van der Waals surface area (Å²) in [7, 11) is 1.90. The number of rotatable bonds is 6. The van der Waals surface area contributed by atoms with Crippen molar-refractivity contribution in [3.05, 3.63) is 46.2 Å². The third-order valence-corrected chi connectivity index (χ3v) is 3.59. The van der Waals surface area contributed by atoms with E-state index in [0.717, 1.165) is 28.0 Å². The van der Waals surface area contributed by atoms with Crippen molar-refractivity contribution in [3.8, 4) is 5.75 Å². The fraction of sp³-hybridized carbons (Fsp3) is 0.400. The highest BCUT2D eigenvalue weighted by atomic mass is 79.9. The number of hydrogen-bond acceptors (Lipinski definition) is 3. The number of nitrogens with one attached hydrogen (secondary N) is 1.